The van der Waals surface area contributed by atoms with Gasteiger partial charge in [-0.15, -0.1) is 0 Å². The summed E-state index contributed by atoms with van der Waals surface area (Å²) in [5, 5.41) is 8.67. The first-order chi connectivity index (χ1) is 6.54. The van der Waals surface area contributed by atoms with Gasteiger partial charge in [0.25, 0.3) is 0 Å². The molecule has 1 saturated heterocycles. The molecule has 0 aromatic carbocycles. The topological polar surface area (TPSA) is 57.6 Å². The number of aliphatic hydroxyl groups is 1. The van der Waals surface area contributed by atoms with E-state index >= 15 is 0 Å². The number of piperidine rings is 1. The lowest BCUT2D eigenvalue weighted by Gasteiger charge is -2.30. The first-order valence-electron chi connectivity index (χ1n) is 5.10. The number of rotatable bonds is 4. The standard InChI is InChI=1S/C9H19NO3S/c1-14(12,13)10-6-4-9(5-7-10)3-2-8-11/h9,11H,2-8H2,1H3. The zero-order valence-electron chi connectivity index (χ0n) is 8.65. The van der Waals surface area contributed by atoms with Crippen molar-refractivity contribution >= 4 is 10.0 Å². The van der Waals surface area contributed by atoms with Crippen LogP contribution in [0.1, 0.15) is 25.7 Å². The summed E-state index contributed by atoms with van der Waals surface area (Å²) < 4.78 is 23.9. The van der Waals surface area contributed by atoms with Crippen molar-refractivity contribution < 1.29 is 13.5 Å². The van der Waals surface area contributed by atoms with Crippen LogP contribution in [0.2, 0.25) is 0 Å². The Morgan fingerprint density at radius 1 is 1.36 bits per heavy atom. The highest BCUT2D eigenvalue weighted by atomic mass is 32.2. The van der Waals surface area contributed by atoms with E-state index in [9.17, 15) is 8.42 Å². The molecule has 0 bridgehead atoms. The highest BCUT2D eigenvalue weighted by Gasteiger charge is 2.24. The summed E-state index contributed by atoms with van der Waals surface area (Å²) >= 11 is 0. The Hall–Kier alpha value is -0.130. The zero-order chi connectivity index (χ0) is 10.6. The number of hydrogen-bond acceptors (Lipinski definition) is 3. The third-order valence-corrected chi connectivity index (χ3v) is 4.12. The van der Waals surface area contributed by atoms with Crippen molar-refractivity contribution in [1.82, 2.24) is 4.31 Å². The maximum Gasteiger partial charge on any atom is 0.211 e. The minimum Gasteiger partial charge on any atom is -0.396 e. The normalized spacial score (nSPS) is 21.3. The van der Waals surface area contributed by atoms with Gasteiger partial charge in [-0.2, -0.15) is 0 Å². The van der Waals surface area contributed by atoms with Crippen molar-refractivity contribution in [3.63, 3.8) is 0 Å². The monoisotopic (exact) mass is 221 g/mol. The minimum absolute atomic E-state index is 0.242. The molecule has 0 radical (unpaired) electrons. The summed E-state index contributed by atoms with van der Waals surface area (Å²) in [5.41, 5.74) is 0. The fourth-order valence-electron chi connectivity index (χ4n) is 1.91. The van der Waals surface area contributed by atoms with E-state index in [1.807, 2.05) is 0 Å². The van der Waals surface area contributed by atoms with E-state index in [1.54, 1.807) is 4.31 Å². The van der Waals surface area contributed by atoms with Gasteiger partial charge in [0.1, 0.15) is 0 Å². The smallest absolute Gasteiger partial charge is 0.211 e. The van der Waals surface area contributed by atoms with Crippen LogP contribution in [0.3, 0.4) is 0 Å². The Bertz CT molecular complexity index is 255. The second-order valence-corrected chi connectivity index (χ2v) is 5.95. The number of hydrogen-bond donors (Lipinski definition) is 1. The summed E-state index contributed by atoms with van der Waals surface area (Å²) in [5.74, 6) is 0.597. The Balaban J connectivity index is 2.31. The Labute approximate surface area is 86.0 Å². The summed E-state index contributed by atoms with van der Waals surface area (Å²) in [6.45, 7) is 1.54. The van der Waals surface area contributed by atoms with Crippen molar-refractivity contribution in [2.24, 2.45) is 5.92 Å². The summed E-state index contributed by atoms with van der Waals surface area (Å²) in [7, 11) is -2.99. The molecule has 0 aromatic heterocycles. The molecule has 84 valence electrons. The van der Waals surface area contributed by atoms with Gasteiger partial charge in [0.2, 0.25) is 10.0 Å². The molecule has 0 atom stereocenters. The lowest BCUT2D eigenvalue weighted by atomic mass is 9.93. The number of aliphatic hydroxyl groups excluding tert-OH is 1. The van der Waals surface area contributed by atoms with E-state index in [2.05, 4.69) is 0 Å². The average molecular weight is 221 g/mol. The van der Waals surface area contributed by atoms with Gasteiger partial charge in [-0.05, 0) is 31.6 Å². The quantitative estimate of drug-likeness (QED) is 0.749. The molecular weight excluding hydrogens is 202 g/mol. The molecule has 1 N–H and O–H groups in total. The van der Waals surface area contributed by atoms with E-state index in [1.165, 1.54) is 6.26 Å². The van der Waals surface area contributed by atoms with Gasteiger partial charge in [0.05, 0.1) is 6.26 Å². The predicted octanol–water partition coefficient (Wildman–Crippen LogP) is 0.430. The SMILES string of the molecule is CS(=O)(=O)N1CCC(CCCO)CC1. The van der Waals surface area contributed by atoms with Gasteiger partial charge < -0.3 is 5.11 Å². The molecule has 0 amide bonds. The lowest BCUT2D eigenvalue weighted by molar-refractivity contribution is 0.230. The largest absolute Gasteiger partial charge is 0.396 e. The third kappa shape index (κ3) is 3.55. The molecule has 1 fully saturated rings. The van der Waals surface area contributed by atoms with Crippen LogP contribution in [0.15, 0.2) is 0 Å². The molecular formula is C9H19NO3S. The van der Waals surface area contributed by atoms with E-state index in [0.29, 0.717) is 19.0 Å². The maximum atomic E-state index is 11.2. The van der Waals surface area contributed by atoms with Crippen molar-refractivity contribution in [2.45, 2.75) is 25.7 Å². The average Bonchev–Trinajstić information content (AvgIpc) is 2.14. The van der Waals surface area contributed by atoms with Gasteiger partial charge in [-0.3, -0.25) is 0 Å². The molecule has 1 heterocycles. The summed E-state index contributed by atoms with van der Waals surface area (Å²) in [4.78, 5) is 0. The summed E-state index contributed by atoms with van der Waals surface area (Å²) in [6, 6.07) is 0. The maximum absolute atomic E-state index is 11.2. The van der Waals surface area contributed by atoms with Crippen molar-refractivity contribution in [3.05, 3.63) is 0 Å². The van der Waals surface area contributed by atoms with Crippen LogP contribution in [-0.4, -0.2) is 43.8 Å². The molecule has 1 aliphatic heterocycles. The number of sulfonamides is 1. The van der Waals surface area contributed by atoms with Gasteiger partial charge in [-0.1, -0.05) is 0 Å². The third-order valence-electron chi connectivity index (χ3n) is 2.81. The molecule has 0 saturated carbocycles. The Morgan fingerprint density at radius 3 is 2.36 bits per heavy atom. The lowest BCUT2D eigenvalue weighted by Crippen LogP contribution is -2.37. The van der Waals surface area contributed by atoms with Crippen molar-refractivity contribution in [3.8, 4) is 0 Å². The van der Waals surface area contributed by atoms with E-state index in [-0.39, 0.29) is 6.61 Å². The Morgan fingerprint density at radius 2 is 1.93 bits per heavy atom. The van der Waals surface area contributed by atoms with Crippen LogP contribution in [0.25, 0.3) is 0 Å². The van der Waals surface area contributed by atoms with Crippen molar-refractivity contribution in [1.29, 1.82) is 0 Å². The van der Waals surface area contributed by atoms with Crippen LogP contribution in [-0.2, 0) is 10.0 Å². The van der Waals surface area contributed by atoms with E-state index in [0.717, 1.165) is 25.7 Å². The molecule has 14 heavy (non-hydrogen) atoms. The van der Waals surface area contributed by atoms with Crippen LogP contribution in [0.4, 0.5) is 0 Å². The summed E-state index contributed by atoms with van der Waals surface area (Å²) in [6.07, 6.45) is 5.00. The van der Waals surface area contributed by atoms with Gasteiger partial charge in [0, 0.05) is 19.7 Å². The first-order valence-corrected chi connectivity index (χ1v) is 6.95. The van der Waals surface area contributed by atoms with Gasteiger partial charge in [-0.25, -0.2) is 12.7 Å². The second kappa shape index (κ2) is 5.09. The second-order valence-electron chi connectivity index (χ2n) is 3.97. The molecule has 4 nitrogen and oxygen atoms in total. The van der Waals surface area contributed by atoms with Gasteiger partial charge in [0.15, 0.2) is 0 Å². The molecule has 5 heteroatoms. The van der Waals surface area contributed by atoms with Crippen LogP contribution < -0.4 is 0 Å². The van der Waals surface area contributed by atoms with Crippen LogP contribution in [0, 0.1) is 5.92 Å². The zero-order valence-corrected chi connectivity index (χ0v) is 9.46. The highest BCUT2D eigenvalue weighted by molar-refractivity contribution is 7.88. The predicted molar refractivity (Wildman–Crippen MR) is 55.5 cm³/mol. The van der Waals surface area contributed by atoms with Gasteiger partial charge >= 0.3 is 0 Å². The van der Waals surface area contributed by atoms with Crippen LogP contribution in [0.5, 0.6) is 0 Å². The first kappa shape index (κ1) is 11.9. The van der Waals surface area contributed by atoms with E-state index < -0.39 is 10.0 Å². The molecule has 1 aliphatic rings. The Kier molecular flexibility index (Phi) is 4.34. The molecule has 1 rings (SSSR count). The fraction of sp³-hybridized carbons (Fsp3) is 1.00. The fourth-order valence-corrected chi connectivity index (χ4v) is 2.78. The van der Waals surface area contributed by atoms with Crippen molar-refractivity contribution in [2.75, 3.05) is 26.0 Å². The molecule has 0 aliphatic carbocycles. The molecule has 0 aromatic rings. The van der Waals surface area contributed by atoms with E-state index in [4.69, 9.17) is 5.11 Å². The van der Waals surface area contributed by atoms with Crippen LogP contribution >= 0.6 is 0 Å². The number of nitrogens with zero attached hydrogens (tertiary/aromatic N) is 1. The highest BCUT2D eigenvalue weighted by Crippen LogP contribution is 2.22. The molecule has 0 spiro atoms. The molecule has 0 unspecified atom stereocenters. The minimum atomic E-state index is -2.99.